The molecule has 1 saturated heterocycles. The molecule has 1 aliphatic rings. The van der Waals surface area contributed by atoms with E-state index in [1.54, 1.807) is 0 Å². The Balaban J connectivity index is 2.64. The second kappa shape index (κ2) is 3.75. The summed E-state index contributed by atoms with van der Waals surface area (Å²) in [6, 6.07) is 0. The van der Waals surface area contributed by atoms with Crippen molar-refractivity contribution in [2.75, 3.05) is 13.2 Å². The van der Waals surface area contributed by atoms with Crippen LogP contribution in [0.25, 0.3) is 0 Å². The lowest BCUT2D eigenvalue weighted by atomic mass is 9.76. The Morgan fingerprint density at radius 2 is 2.25 bits per heavy atom. The van der Waals surface area contributed by atoms with E-state index in [4.69, 9.17) is 4.74 Å². The van der Waals surface area contributed by atoms with Crippen molar-refractivity contribution in [2.45, 2.75) is 39.2 Å². The van der Waals surface area contributed by atoms with Gasteiger partial charge in [0.2, 0.25) is 0 Å². The van der Waals surface area contributed by atoms with Gasteiger partial charge in [-0.2, -0.15) is 0 Å². The van der Waals surface area contributed by atoms with Crippen LogP contribution in [0.2, 0.25) is 0 Å². The van der Waals surface area contributed by atoms with Crippen LogP contribution in [-0.4, -0.2) is 23.9 Å². The van der Waals surface area contributed by atoms with Gasteiger partial charge in [-0.05, 0) is 18.8 Å². The first-order valence-electron chi connectivity index (χ1n) is 4.91. The summed E-state index contributed by atoms with van der Waals surface area (Å²) in [5.74, 6) is 0.677. The molecule has 0 aliphatic carbocycles. The number of aliphatic hydroxyl groups is 1. The van der Waals surface area contributed by atoms with Gasteiger partial charge in [0, 0.05) is 12.5 Å². The summed E-state index contributed by atoms with van der Waals surface area (Å²) in [4.78, 5) is 0. The van der Waals surface area contributed by atoms with Crippen molar-refractivity contribution in [1.29, 1.82) is 0 Å². The molecule has 0 amide bonds. The predicted molar refractivity (Wildman–Crippen MR) is 49.0 cm³/mol. The van der Waals surface area contributed by atoms with Gasteiger partial charge in [0.05, 0.1) is 12.2 Å². The number of hydrogen-bond acceptors (Lipinski definition) is 2. The zero-order chi connectivity index (χ0) is 9.19. The van der Waals surface area contributed by atoms with Gasteiger partial charge in [0.25, 0.3) is 0 Å². The van der Waals surface area contributed by atoms with Gasteiger partial charge >= 0.3 is 0 Å². The fourth-order valence-corrected chi connectivity index (χ4v) is 2.10. The van der Waals surface area contributed by atoms with Gasteiger partial charge in [-0.25, -0.2) is 0 Å². The van der Waals surface area contributed by atoms with Crippen molar-refractivity contribution >= 4 is 0 Å². The van der Waals surface area contributed by atoms with Crippen LogP contribution in [0, 0.1) is 11.8 Å². The first-order valence-corrected chi connectivity index (χ1v) is 4.91. The summed E-state index contributed by atoms with van der Waals surface area (Å²) in [5, 5.41) is 10.3. The van der Waals surface area contributed by atoms with Crippen LogP contribution in [0.5, 0.6) is 0 Å². The Bertz CT molecular complexity index is 139. The van der Waals surface area contributed by atoms with E-state index in [0.717, 1.165) is 26.1 Å². The molecular formula is C10H20O2. The maximum absolute atomic E-state index is 10.3. The van der Waals surface area contributed by atoms with Crippen molar-refractivity contribution < 1.29 is 9.84 Å². The maximum Gasteiger partial charge on any atom is 0.0718 e. The minimum absolute atomic E-state index is 0.328. The second-order valence-corrected chi connectivity index (χ2v) is 4.06. The summed E-state index contributed by atoms with van der Waals surface area (Å²) in [7, 11) is 0. The molecule has 72 valence electrons. The van der Waals surface area contributed by atoms with Gasteiger partial charge < -0.3 is 9.84 Å². The van der Waals surface area contributed by atoms with Crippen LogP contribution >= 0.6 is 0 Å². The monoisotopic (exact) mass is 172 g/mol. The highest BCUT2D eigenvalue weighted by Crippen LogP contribution is 2.34. The van der Waals surface area contributed by atoms with Crippen molar-refractivity contribution in [3.05, 3.63) is 0 Å². The maximum atomic E-state index is 10.3. The molecule has 1 aliphatic heterocycles. The quantitative estimate of drug-likeness (QED) is 0.703. The topological polar surface area (TPSA) is 29.5 Å². The molecular weight excluding hydrogens is 152 g/mol. The molecule has 0 aromatic rings. The van der Waals surface area contributed by atoms with Crippen molar-refractivity contribution in [2.24, 2.45) is 11.8 Å². The molecule has 1 N–H and O–H groups in total. The largest absolute Gasteiger partial charge is 0.389 e. The standard InChI is InChI=1S/C10H20O2/c1-4-10(11,8(2)3)9-5-6-12-7-9/h8-9,11H,4-7H2,1-3H3. The summed E-state index contributed by atoms with van der Waals surface area (Å²) in [5.41, 5.74) is -0.503. The highest BCUT2D eigenvalue weighted by molar-refractivity contribution is 4.89. The SMILES string of the molecule is CCC(O)(C(C)C)C1CCOC1. The molecule has 0 spiro atoms. The van der Waals surface area contributed by atoms with Gasteiger partial charge in [-0.15, -0.1) is 0 Å². The van der Waals surface area contributed by atoms with E-state index in [0.29, 0.717) is 11.8 Å². The Hall–Kier alpha value is -0.0800. The van der Waals surface area contributed by atoms with Crippen LogP contribution in [0.4, 0.5) is 0 Å². The number of hydrogen-bond donors (Lipinski definition) is 1. The van der Waals surface area contributed by atoms with E-state index in [-0.39, 0.29) is 0 Å². The molecule has 1 rings (SSSR count). The van der Waals surface area contributed by atoms with E-state index >= 15 is 0 Å². The molecule has 0 aromatic heterocycles. The lowest BCUT2D eigenvalue weighted by molar-refractivity contribution is -0.0632. The highest BCUT2D eigenvalue weighted by atomic mass is 16.5. The zero-order valence-electron chi connectivity index (χ0n) is 8.34. The summed E-state index contributed by atoms with van der Waals surface area (Å²) >= 11 is 0. The van der Waals surface area contributed by atoms with Crippen LogP contribution in [-0.2, 0) is 4.74 Å². The molecule has 0 bridgehead atoms. The third-order valence-corrected chi connectivity index (χ3v) is 3.20. The normalized spacial score (nSPS) is 29.2. The van der Waals surface area contributed by atoms with Gasteiger partial charge in [-0.1, -0.05) is 20.8 Å². The smallest absolute Gasteiger partial charge is 0.0718 e. The Morgan fingerprint density at radius 3 is 2.58 bits per heavy atom. The summed E-state index contributed by atoms with van der Waals surface area (Å²) in [6.45, 7) is 7.78. The Morgan fingerprint density at radius 1 is 1.58 bits per heavy atom. The molecule has 2 nitrogen and oxygen atoms in total. The molecule has 0 saturated carbocycles. The molecule has 1 fully saturated rings. The number of rotatable bonds is 3. The predicted octanol–water partition coefficient (Wildman–Crippen LogP) is 1.82. The van der Waals surface area contributed by atoms with Crippen LogP contribution in [0.15, 0.2) is 0 Å². The molecule has 12 heavy (non-hydrogen) atoms. The average molecular weight is 172 g/mol. The lowest BCUT2D eigenvalue weighted by Gasteiger charge is -2.36. The van der Waals surface area contributed by atoms with Crippen molar-refractivity contribution in [1.82, 2.24) is 0 Å². The fraction of sp³-hybridized carbons (Fsp3) is 1.00. The van der Waals surface area contributed by atoms with Gasteiger partial charge in [0.1, 0.15) is 0 Å². The molecule has 1 heterocycles. The van der Waals surface area contributed by atoms with Crippen molar-refractivity contribution in [3.8, 4) is 0 Å². The Labute approximate surface area is 74.9 Å². The fourth-order valence-electron chi connectivity index (χ4n) is 2.10. The van der Waals surface area contributed by atoms with Crippen molar-refractivity contribution in [3.63, 3.8) is 0 Å². The van der Waals surface area contributed by atoms with Crippen LogP contribution < -0.4 is 0 Å². The second-order valence-electron chi connectivity index (χ2n) is 4.06. The first kappa shape index (κ1) is 10.0. The molecule has 2 atom stereocenters. The van der Waals surface area contributed by atoms with E-state index in [2.05, 4.69) is 20.8 Å². The van der Waals surface area contributed by atoms with Gasteiger partial charge in [0.15, 0.2) is 0 Å². The van der Waals surface area contributed by atoms with Gasteiger partial charge in [-0.3, -0.25) is 0 Å². The summed E-state index contributed by atoms with van der Waals surface area (Å²) < 4.78 is 5.30. The minimum Gasteiger partial charge on any atom is -0.389 e. The molecule has 0 aromatic carbocycles. The van der Waals surface area contributed by atoms with E-state index < -0.39 is 5.60 Å². The third-order valence-electron chi connectivity index (χ3n) is 3.20. The molecule has 0 radical (unpaired) electrons. The first-order chi connectivity index (χ1) is 5.61. The molecule has 2 unspecified atom stereocenters. The highest BCUT2D eigenvalue weighted by Gasteiger charge is 2.39. The Kier molecular flexibility index (Phi) is 3.13. The summed E-state index contributed by atoms with van der Waals surface area (Å²) in [6.07, 6.45) is 1.85. The average Bonchev–Trinajstić information content (AvgIpc) is 2.54. The van der Waals surface area contributed by atoms with E-state index in [1.807, 2.05) is 0 Å². The zero-order valence-corrected chi connectivity index (χ0v) is 8.34. The van der Waals surface area contributed by atoms with E-state index in [1.165, 1.54) is 0 Å². The molecule has 2 heteroatoms. The number of ether oxygens (including phenoxy) is 1. The minimum atomic E-state index is -0.503. The van der Waals surface area contributed by atoms with Crippen LogP contribution in [0.1, 0.15) is 33.6 Å². The lowest BCUT2D eigenvalue weighted by Crippen LogP contribution is -2.42. The third kappa shape index (κ3) is 1.64. The van der Waals surface area contributed by atoms with Crippen LogP contribution in [0.3, 0.4) is 0 Å². The van der Waals surface area contributed by atoms with E-state index in [9.17, 15) is 5.11 Å².